The Bertz CT molecular complexity index is 587. The molecule has 7 heteroatoms. The normalized spacial score (nSPS) is 29.1. The molecule has 1 saturated carbocycles. The highest BCUT2D eigenvalue weighted by Gasteiger charge is 2.42. The molecule has 0 bridgehead atoms. The maximum atomic E-state index is 14.0. The first-order valence-electron chi connectivity index (χ1n) is 8.07. The van der Waals surface area contributed by atoms with Crippen LogP contribution >= 0.6 is 35.6 Å². The fraction of sp³-hybridized carbons (Fsp3) is 0.588. The van der Waals surface area contributed by atoms with E-state index in [2.05, 4.69) is 22.5 Å². The van der Waals surface area contributed by atoms with Crippen molar-refractivity contribution in [3.63, 3.8) is 0 Å². The van der Waals surface area contributed by atoms with Crippen LogP contribution in [0.2, 0.25) is 5.02 Å². The van der Waals surface area contributed by atoms with E-state index in [0.29, 0.717) is 17.1 Å². The highest BCUT2D eigenvalue weighted by Crippen LogP contribution is 2.44. The van der Waals surface area contributed by atoms with Crippen LogP contribution in [0.4, 0.5) is 4.39 Å². The standard InChI is InChI=1S/C17H23ClFN3O.HI/c1-17(7-4-8-23-17)10-21-16(20-2)22-14-9-11(14)15-12(18)5-3-6-13(15)19;/h3,5-6,11,14H,4,7-10H2,1-2H3,(H2,20,21,22);1H. The highest BCUT2D eigenvalue weighted by atomic mass is 127. The van der Waals surface area contributed by atoms with Gasteiger partial charge in [-0.1, -0.05) is 17.7 Å². The molecule has 1 aromatic rings. The second-order valence-electron chi connectivity index (χ2n) is 6.56. The summed E-state index contributed by atoms with van der Waals surface area (Å²) in [5.41, 5.74) is 0.475. The predicted molar refractivity (Wildman–Crippen MR) is 106 cm³/mol. The topological polar surface area (TPSA) is 45.7 Å². The van der Waals surface area contributed by atoms with Gasteiger partial charge in [0.2, 0.25) is 0 Å². The van der Waals surface area contributed by atoms with Gasteiger partial charge in [-0.2, -0.15) is 0 Å². The van der Waals surface area contributed by atoms with Gasteiger partial charge < -0.3 is 15.4 Å². The molecule has 134 valence electrons. The van der Waals surface area contributed by atoms with Gasteiger partial charge in [0.15, 0.2) is 5.96 Å². The Morgan fingerprint density at radius 1 is 1.50 bits per heavy atom. The number of guanidine groups is 1. The smallest absolute Gasteiger partial charge is 0.191 e. The van der Waals surface area contributed by atoms with Gasteiger partial charge in [-0.15, -0.1) is 24.0 Å². The van der Waals surface area contributed by atoms with Crippen LogP contribution in [-0.2, 0) is 4.74 Å². The summed E-state index contributed by atoms with van der Waals surface area (Å²) in [6, 6.07) is 4.99. The van der Waals surface area contributed by atoms with Crippen molar-refractivity contribution in [2.45, 2.75) is 43.7 Å². The monoisotopic (exact) mass is 467 g/mol. The number of nitrogens with zero attached hydrogens (tertiary/aromatic N) is 1. The Labute approximate surface area is 164 Å². The van der Waals surface area contributed by atoms with E-state index in [4.69, 9.17) is 16.3 Å². The fourth-order valence-corrected chi connectivity index (χ4v) is 3.46. The van der Waals surface area contributed by atoms with Crippen molar-refractivity contribution in [2.75, 3.05) is 20.2 Å². The number of halogens is 3. The molecule has 0 amide bonds. The predicted octanol–water partition coefficient (Wildman–Crippen LogP) is 3.69. The number of hydrogen-bond acceptors (Lipinski definition) is 2. The minimum atomic E-state index is -0.235. The van der Waals surface area contributed by atoms with Crippen molar-refractivity contribution in [3.05, 3.63) is 34.6 Å². The fourth-order valence-electron chi connectivity index (χ4n) is 3.16. The number of aliphatic imine (C=N–C) groups is 1. The molecule has 0 spiro atoms. The molecule has 3 rings (SSSR count). The Morgan fingerprint density at radius 2 is 2.29 bits per heavy atom. The van der Waals surface area contributed by atoms with E-state index in [1.807, 2.05) is 0 Å². The van der Waals surface area contributed by atoms with Crippen LogP contribution in [0.15, 0.2) is 23.2 Å². The van der Waals surface area contributed by atoms with Crippen molar-refractivity contribution in [3.8, 4) is 0 Å². The van der Waals surface area contributed by atoms with Crippen LogP contribution in [0, 0.1) is 5.82 Å². The van der Waals surface area contributed by atoms with E-state index in [1.165, 1.54) is 6.07 Å². The Hall–Kier alpha value is -0.600. The summed E-state index contributed by atoms with van der Waals surface area (Å²) in [4.78, 5) is 4.25. The summed E-state index contributed by atoms with van der Waals surface area (Å²) in [5.74, 6) is 0.587. The van der Waals surface area contributed by atoms with Gasteiger partial charge in [0, 0.05) is 42.7 Å². The average molecular weight is 468 g/mol. The van der Waals surface area contributed by atoms with Gasteiger partial charge in [-0.05, 0) is 38.3 Å². The van der Waals surface area contributed by atoms with Crippen LogP contribution < -0.4 is 10.6 Å². The second-order valence-corrected chi connectivity index (χ2v) is 6.96. The van der Waals surface area contributed by atoms with Gasteiger partial charge in [-0.3, -0.25) is 4.99 Å². The molecule has 1 aromatic carbocycles. The molecule has 3 atom stereocenters. The first kappa shape index (κ1) is 19.7. The van der Waals surface area contributed by atoms with Crippen molar-refractivity contribution < 1.29 is 9.13 Å². The molecule has 1 saturated heterocycles. The van der Waals surface area contributed by atoms with E-state index in [9.17, 15) is 4.39 Å². The molecule has 0 aromatic heterocycles. The van der Waals surface area contributed by atoms with Gasteiger partial charge in [0.1, 0.15) is 5.82 Å². The van der Waals surface area contributed by atoms with Crippen molar-refractivity contribution in [2.24, 2.45) is 4.99 Å². The Morgan fingerprint density at radius 3 is 2.92 bits per heavy atom. The average Bonchev–Trinajstić information content (AvgIpc) is 3.13. The summed E-state index contributed by atoms with van der Waals surface area (Å²) in [6.07, 6.45) is 3.00. The zero-order valence-corrected chi connectivity index (χ0v) is 17.0. The van der Waals surface area contributed by atoms with Crippen LogP contribution in [0.1, 0.15) is 37.7 Å². The second kappa shape index (κ2) is 8.19. The largest absolute Gasteiger partial charge is 0.373 e. The van der Waals surface area contributed by atoms with E-state index in [1.54, 1.807) is 19.2 Å². The molecular formula is C17H24ClFIN3O. The van der Waals surface area contributed by atoms with Crippen LogP contribution in [0.5, 0.6) is 0 Å². The summed E-state index contributed by atoms with van der Waals surface area (Å²) in [6.45, 7) is 3.64. The first-order chi connectivity index (χ1) is 11.0. The lowest BCUT2D eigenvalue weighted by Gasteiger charge is -2.24. The molecule has 24 heavy (non-hydrogen) atoms. The molecule has 2 fully saturated rings. The molecule has 3 unspecified atom stereocenters. The summed E-state index contributed by atoms with van der Waals surface area (Å²) >= 11 is 6.14. The third kappa shape index (κ3) is 4.52. The lowest BCUT2D eigenvalue weighted by molar-refractivity contribution is 0.0243. The summed E-state index contributed by atoms with van der Waals surface area (Å²) in [5, 5.41) is 7.15. The van der Waals surface area contributed by atoms with E-state index >= 15 is 0 Å². The summed E-state index contributed by atoms with van der Waals surface area (Å²) < 4.78 is 19.7. The van der Waals surface area contributed by atoms with Crippen LogP contribution in [0.25, 0.3) is 0 Å². The lowest BCUT2D eigenvalue weighted by Crippen LogP contribution is -2.46. The number of nitrogens with one attached hydrogen (secondary N) is 2. The molecule has 0 radical (unpaired) electrons. The van der Waals surface area contributed by atoms with Crippen LogP contribution in [-0.4, -0.2) is 37.8 Å². The van der Waals surface area contributed by atoms with Gasteiger partial charge >= 0.3 is 0 Å². The lowest BCUT2D eigenvalue weighted by atomic mass is 10.0. The highest BCUT2D eigenvalue weighted by molar-refractivity contribution is 14.0. The van der Waals surface area contributed by atoms with Crippen LogP contribution in [0.3, 0.4) is 0 Å². The van der Waals surface area contributed by atoms with E-state index in [-0.39, 0.29) is 47.4 Å². The first-order valence-corrected chi connectivity index (χ1v) is 8.45. The SMILES string of the molecule is CN=C(NCC1(C)CCCO1)NC1CC1c1c(F)cccc1Cl.I. The van der Waals surface area contributed by atoms with Crippen molar-refractivity contribution in [1.82, 2.24) is 10.6 Å². The molecular weight excluding hydrogens is 444 g/mol. The molecule has 1 heterocycles. The van der Waals surface area contributed by atoms with Crippen molar-refractivity contribution in [1.29, 1.82) is 0 Å². The zero-order valence-electron chi connectivity index (χ0n) is 13.9. The van der Waals surface area contributed by atoms with Gasteiger partial charge in [0.05, 0.1) is 5.60 Å². The minimum absolute atomic E-state index is 0. The quantitative estimate of drug-likeness (QED) is 0.403. The summed E-state index contributed by atoms with van der Waals surface area (Å²) in [7, 11) is 1.74. The maximum Gasteiger partial charge on any atom is 0.191 e. The van der Waals surface area contributed by atoms with Crippen molar-refractivity contribution >= 4 is 41.5 Å². The number of ether oxygens (including phenoxy) is 1. The molecule has 4 nitrogen and oxygen atoms in total. The van der Waals surface area contributed by atoms with Gasteiger partial charge in [0.25, 0.3) is 0 Å². The Balaban J connectivity index is 0.00000208. The van der Waals surface area contributed by atoms with E-state index in [0.717, 1.165) is 31.8 Å². The minimum Gasteiger partial charge on any atom is -0.373 e. The zero-order chi connectivity index (χ0) is 16.4. The number of rotatable bonds is 4. The van der Waals surface area contributed by atoms with E-state index < -0.39 is 0 Å². The molecule has 2 N–H and O–H groups in total. The molecule has 1 aliphatic heterocycles. The third-order valence-electron chi connectivity index (χ3n) is 4.64. The van der Waals surface area contributed by atoms with Gasteiger partial charge in [-0.25, -0.2) is 4.39 Å². The third-order valence-corrected chi connectivity index (χ3v) is 4.97. The maximum absolute atomic E-state index is 14.0. The number of hydrogen-bond donors (Lipinski definition) is 2. The number of benzene rings is 1. The molecule has 2 aliphatic rings. The Kier molecular flexibility index (Phi) is 6.73. The molecule has 1 aliphatic carbocycles.